The Morgan fingerprint density at radius 2 is 1.79 bits per heavy atom. The summed E-state index contributed by atoms with van der Waals surface area (Å²) in [6, 6.07) is 4.30. The van der Waals surface area contributed by atoms with Crippen molar-refractivity contribution in [1.82, 2.24) is 14.6 Å². The molecule has 0 bridgehead atoms. The van der Waals surface area contributed by atoms with Crippen molar-refractivity contribution in [3.05, 3.63) is 36.2 Å². The van der Waals surface area contributed by atoms with Gasteiger partial charge in [-0.2, -0.15) is 13.9 Å². The minimum atomic E-state index is -3.17. The Hall–Kier alpha value is -3.47. The maximum Gasteiger partial charge on any atom is 0.387 e. The van der Waals surface area contributed by atoms with Gasteiger partial charge in [-0.15, -0.1) is 0 Å². The van der Waals surface area contributed by atoms with Gasteiger partial charge >= 0.3 is 6.61 Å². The van der Waals surface area contributed by atoms with Gasteiger partial charge in [-0.05, 0) is 32.9 Å². The number of nitrogens with zero attached hydrogens (tertiary/aromatic N) is 3. The van der Waals surface area contributed by atoms with Crippen LogP contribution in [0.15, 0.2) is 30.6 Å². The number of aliphatic hydroxyl groups is 1. The molecule has 9 nitrogen and oxygen atoms in total. The second-order valence-electron chi connectivity index (χ2n) is 8.37. The lowest BCUT2D eigenvalue weighted by Gasteiger charge is -2.26. The number of alkyl halides is 2. The number of aromatic nitrogens is 3. The van der Waals surface area contributed by atoms with E-state index >= 15 is 0 Å². The first-order chi connectivity index (χ1) is 16.0. The second-order valence-corrected chi connectivity index (χ2v) is 8.37. The number of hydrogen-bond acceptors (Lipinski definition) is 7. The molecule has 0 aliphatic heterocycles. The molecular formula is C23H28F2N4O5. The summed E-state index contributed by atoms with van der Waals surface area (Å²) in [4.78, 5) is 16.0. The molecule has 11 heteroatoms. The topological polar surface area (TPSA) is 121 Å². The van der Waals surface area contributed by atoms with Gasteiger partial charge < -0.3 is 25.1 Å². The molecule has 0 spiro atoms. The van der Waals surface area contributed by atoms with Crippen LogP contribution in [-0.2, 0) is 0 Å². The fourth-order valence-corrected chi connectivity index (χ4v) is 2.80. The predicted molar refractivity (Wildman–Crippen MR) is 120 cm³/mol. The first-order valence-electron chi connectivity index (χ1n) is 10.7. The second kappa shape index (κ2) is 10.2. The number of fused-ring (bicyclic) bond motifs is 1. The van der Waals surface area contributed by atoms with E-state index in [0.29, 0.717) is 22.7 Å². The van der Waals surface area contributed by atoms with Crippen LogP contribution in [0.4, 0.5) is 8.78 Å². The summed E-state index contributed by atoms with van der Waals surface area (Å²) in [5, 5.41) is 14.3. The molecule has 1 saturated carbocycles. The van der Waals surface area contributed by atoms with E-state index in [2.05, 4.69) is 14.8 Å². The van der Waals surface area contributed by atoms with E-state index in [1.165, 1.54) is 55.4 Å². The van der Waals surface area contributed by atoms with Crippen LogP contribution in [0.2, 0.25) is 0 Å². The van der Waals surface area contributed by atoms with Crippen LogP contribution < -0.4 is 19.9 Å². The number of benzene rings is 1. The zero-order valence-corrected chi connectivity index (χ0v) is 19.4. The molecule has 4 rings (SSSR count). The van der Waals surface area contributed by atoms with Crippen LogP contribution >= 0.6 is 0 Å². The summed E-state index contributed by atoms with van der Waals surface area (Å²) < 4.78 is 42.6. The number of methoxy groups -OCH3 is 1. The van der Waals surface area contributed by atoms with Crippen molar-refractivity contribution in [1.29, 1.82) is 0 Å². The summed E-state index contributed by atoms with van der Waals surface area (Å²) >= 11 is 0. The Kier molecular flexibility index (Phi) is 7.55. The average molecular weight is 478 g/mol. The van der Waals surface area contributed by atoms with E-state index in [-0.39, 0.29) is 11.3 Å². The zero-order chi connectivity index (χ0) is 25.0. The number of carbonyl (C=O) groups excluding carboxylic acids is 1. The number of amides is 1. The van der Waals surface area contributed by atoms with Gasteiger partial charge in [0, 0.05) is 11.6 Å². The molecule has 2 heterocycles. The van der Waals surface area contributed by atoms with E-state index in [0.717, 1.165) is 0 Å². The van der Waals surface area contributed by atoms with Gasteiger partial charge in [-0.3, -0.25) is 4.79 Å². The van der Waals surface area contributed by atoms with Crippen molar-refractivity contribution in [3.8, 4) is 28.5 Å². The maximum atomic E-state index is 12.9. The molecule has 34 heavy (non-hydrogen) atoms. The van der Waals surface area contributed by atoms with Gasteiger partial charge in [-0.1, -0.05) is 19.3 Å². The minimum Gasteiger partial charge on any atom is -0.496 e. The molecule has 1 unspecified atom stereocenters. The van der Waals surface area contributed by atoms with Gasteiger partial charge in [0.25, 0.3) is 5.91 Å². The Balaban J connectivity index is 0.000000999. The highest BCUT2D eigenvalue weighted by Gasteiger charge is 2.25. The van der Waals surface area contributed by atoms with Crippen molar-refractivity contribution in [3.63, 3.8) is 0 Å². The number of ether oxygens (including phenoxy) is 3. The standard InChI is InChI=1S/C20H22F2N4O5.C3H6/c1-10(20(2,3)28)30-12-7-16-24-9-13(26(16)25-8-12)11-5-14(29-4)17(18(23)27)15(6-11)31-19(21)22;1-2-3-1/h5-10,19,28H,1-4H3,(H2,23,27);1-3H2. The molecule has 3 aromatic rings. The van der Waals surface area contributed by atoms with E-state index in [1.807, 2.05) is 0 Å². The van der Waals surface area contributed by atoms with Gasteiger partial charge in [0.2, 0.25) is 0 Å². The molecule has 1 amide bonds. The lowest BCUT2D eigenvalue weighted by molar-refractivity contribution is -0.0502. The van der Waals surface area contributed by atoms with Crippen molar-refractivity contribution >= 4 is 11.6 Å². The number of rotatable bonds is 8. The molecule has 184 valence electrons. The van der Waals surface area contributed by atoms with Crippen molar-refractivity contribution in [2.24, 2.45) is 5.73 Å². The Bertz CT molecular complexity index is 1160. The van der Waals surface area contributed by atoms with Crippen LogP contribution in [0.25, 0.3) is 16.9 Å². The van der Waals surface area contributed by atoms with E-state index in [9.17, 15) is 18.7 Å². The number of hydrogen-bond donors (Lipinski definition) is 2. The van der Waals surface area contributed by atoms with Crippen LogP contribution in [0.1, 0.15) is 50.4 Å². The quantitative estimate of drug-likeness (QED) is 0.505. The molecular weight excluding hydrogens is 450 g/mol. The molecule has 0 saturated heterocycles. The van der Waals surface area contributed by atoms with Gasteiger partial charge in [0.1, 0.15) is 28.9 Å². The first kappa shape index (κ1) is 25.2. The van der Waals surface area contributed by atoms with Crippen molar-refractivity contribution in [2.45, 2.75) is 58.4 Å². The largest absolute Gasteiger partial charge is 0.496 e. The summed E-state index contributed by atoms with van der Waals surface area (Å²) in [7, 11) is 1.28. The zero-order valence-electron chi connectivity index (χ0n) is 19.4. The number of primary amides is 1. The number of nitrogens with two attached hydrogens (primary N) is 1. The van der Waals surface area contributed by atoms with Crippen LogP contribution in [0.3, 0.4) is 0 Å². The molecule has 1 fully saturated rings. The molecule has 3 N–H and O–H groups in total. The van der Waals surface area contributed by atoms with Crippen LogP contribution in [0.5, 0.6) is 17.2 Å². The van der Waals surface area contributed by atoms with Crippen LogP contribution in [-0.4, -0.2) is 51.0 Å². The van der Waals surface area contributed by atoms with Crippen LogP contribution in [0, 0.1) is 0 Å². The predicted octanol–water partition coefficient (Wildman–Crippen LogP) is 3.81. The molecule has 1 aliphatic rings. The normalized spacial score (nSPS) is 13.8. The maximum absolute atomic E-state index is 12.9. The number of halogens is 2. The van der Waals surface area contributed by atoms with Crippen molar-refractivity contribution < 1.29 is 32.9 Å². The van der Waals surface area contributed by atoms with Crippen molar-refractivity contribution in [2.75, 3.05) is 7.11 Å². The van der Waals surface area contributed by atoms with Gasteiger partial charge in [0.15, 0.2) is 5.65 Å². The summed E-state index contributed by atoms with van der Waals surface area (Å²) in [5.74, 6) is -1.04. The molecule has 1 aliphatic carbocycles. The Morgan fingerprint density at radius 3 is 2.32 bits per heavy atom. The summed E-state index contributed by atoms with van der Waals surface area (Å²) in [6.45, 7) is 1.80. The monoisotopic (exact) mass is 478 g/mol. The Labute approximate surface area is 195 Å². The highest BCUT2D eigenvalue weighted by molar-refractivity contribution is 5.99. The highest BCUT2D eigenvalue weighted by atomic mass is 19.3. The van der Waals surface area contributed by atoms with E-state index < -0.39 is 30.0 Å². The minimum absolute atomic E-state index is 0.0328. The fraction of sp³-hybridized carbons (Fsp3) is 0.435. The molecule has 1 aromatic carbocycles. The smallest absolute Gasteiger partial charge is 0.387 e. The number of carbonyl (C=O) groups is 1. The molecule has 0 radical (unpaired) electrons. The average Bonchev–Trinajstić information content (AvgIpc) is 3.58. The number of imidazole rings is 1. The molecule has 1 atom stereocenters. The highest BCUT2D eigenvalue weighted by Crippen LogP contribution is 2.36. The lowest BCUT2D eigenvalue weighted by Crippen LogP contribution is -2.37. The summed E-state index contributed by atoms with van der Waals surface area (Å²) in [5.41, 5.74) is 5.13. The third-order valence-electron chi connectivity index (χ3n) is 5.04. The lowest BCUT2D eigenvalue weighted by atomic mass is 10.0. The van der Waals surface area contributed by atoms with Gasteiger partial charge in [0.05, 0.1) is 30.8 Å². The Morgan fingerprint density at radius 1 is 1.15 bits per heavy atom. The third kappa shape index (κ3) is 6.10. The van der Waals surface area contributed by atoms with Gasteiger partial charge in [-0.25, -0.2) is 9.50 Å². The SMILES string of the molecule is C1CC1.COc1cc(-c2cnc3cc(OC(C)C(C)(C)O)cnn23)cc(OC(F)F)c1C(N)=O. The summed E-state index contributed by atoms with van der Waals surface area (Å²) in [6.07, 6.45) is 6.90. The van der Waals surface area contributed by atoms with E-state index in [4.69, 9.17) is 15.2 Å². The van der Waals surface area contributed by atoms with E-state index in [1.54, 1.807) is 26.8 Å². The molecule has 2 aromatic heterocycles. The first-order valence-corrected chi connectivity index (χ1v) is 10.7. The fourth-order valence-electron chi connectivity index (χ4n) is 2.80. The third-order valence-corrected chi connectivity index (χ3v) is 5.04.